The van der Waals surface area contributed by atoms with Crippen molar-refractivity contribution in [1.82, 2.24) is 0 Å². The van der Waals surface area contributed by atoms with Crippen LogP contribution in [0.5, 0.6) is 0 Å². The van der Waals surface area contributed by atoms with E-state index in [0.29, 0.717) is 0 Å². The van der Waals surface area contributed by atoms with Crippen molar-refractivity contribution in [3.8, 4) is 44.5 Å². The van der Waals surface area contributed by atoms with Crippen LogP contribution in [-0.4, -0.2) is 48.7 Å². The third kappa shape index (κ3) is 7.13. The van der Waals surface area contributed by atoms with E-state index in [4.69, 9.17) is 9.47 Å². The van der Waals surface area contributed by atoms with E-state index in [2.05, 4.69) is 232 Å². The van der Waals surface area contributed by atoms with Crippen molar-refractivity contribution in [3.63, 3.8) is 0 Å². The lowest BCUT2D eigenvalue weighted by atomic mass is 9.62. The summed E-state index contributed by atoms with van der Waals surface area (Å²) in [5.41, 5.74) is 13.7. The molecule has 0 unspecified atom stereocenters. The van der Waals surface area contributed by atoms with Gasteiger partial charge in [-0.25, -0.2) is 0 Å². The summed E-state index contributed by atoms with van der Waals surface area (Å²) in [5, 5.41) is 0. The molecule has 0 bridgehead atoms. The molecule has 64 heavy (non-hydrogen) atoms. The Morgan fingerprint density at radius 1 is 0.328 bits per heavy atom. The molecule has 316 valence electrons. The minimum Gasteiger partial charge on any atom is -0.343 e. The molecule has 3 nitrogen and oxygen atoms in total. The van der Waals surface area contributed by atoms with Crippen molar-refractivity contribution in [2.24, 2.45) is 0 Å². The number of nitrogens with zero attached hydrogens (tertiary/aromatic N) is 1. The number of fused-ring (bicyclic) bond motifs is 1. The molecular formula is C61H56NO2+. The predicted octanol–water partition coefficient (Wildman–Crippen LogP) is 13.8. The molecule has 3 aliphatic heterocycles. The Labute approximate surface area is 379 Å². The van der Waals surface area contributed by atoms with Gasteiger partial charge in [-0.2, -0.15) is 0 Å². The zero-order valence-electron chi connectivity index (χ0n) is 36.9. The van der Waals surface area contributed by atoms with Crippen molar-refractivity contribution in [3.05, 3.63) is 241 Å². The van der Waals surface area contributed by atoms with E-state index in [9.17, 15) is 0 Å². The van der Waals surface area contributed by atoms with E-state index in [0.717, 1.165) is 30.7 Å². The number of quaternary nitrogens is 1. The highest BCUT2D eigenvalue weighted by atomic mass is 16.8. The van der Waals surface area contributed by atoms with Crippen LogP contribution in [0.1, 0.15) is 48.9 Å². The van der Waals surface area contributed by atoms with E-state index in [1.165, 1.54) is 79.6 Å². The van der Waals surface area contributed by atoms with Gasteiger partial charge in [-0.05, 0) is 80.6 Å². The predicted molar refractivity (Wildman–Crippen MR) is 262 cm³/mol. The van der Waals surface area contributed by atoms with Crippen LogP contribution < -0.4 is 0 Å². The van der Waals surface area contributed by atoms with Crippen LogP contribution in [0.3, 0.4) is 0 Å². The summed E-state index contributed by atoms with van der Waals surface area (Å²) in [6.45, 7) is 8.25. The third-order valence-corrected chi connectivity index (χ3v) is 14.8. The van der Waals surface area contributed by atoms with E-state index in [-0.39, 0.29) is 12.2 Å². The summed E-state index contributed by atoms with van der Waals surface area (Å²) in [5.74, 6) is -0.846. The van der Waals surface area contributed by atoms with Gasteiger partial charge < -0.3 is 14.0 Å². The van der Waals surface area contributed by atoms with E-state index >= 15 is 0 Å². The summed E-state index contributed by atoms with van der Waals surface area (Å²) < 4.78 is 16.2. The first kappa shape index (κ1) is 40.4. The Kier molecular flexibility index (Phi) is 10.3. The van der Waals surface area contributed by atoms with Gasteiger partial charge in [-0.1, -0.05) is 218 Å². The minimum atomic E-state index is -0.846. The third-order valence-electron chi connectivity index (χ3n) is 14.8. The van der Waals surface area contributed by atoms with E-state index in [1.807, 2.05) is 0 Å². The first-order chi connectivity index (χ1) is 31.3. The number of rotatable bonds is 8. The summed E-state index contributed by atoms with van der Waals surface area (Å²) in [4.78, 5) is 0. The van der Waals surface area contributed by atoms with Crippen LogP contribution in [0.4, 0.5) is 0 Å². The Bertz CT molecular complexity index is 2460. The van der Waals surface area contributed by atoms with Crippen LogP contribution in [0.15, 0.2) is 218 Å². The van der Waals surface area contributed by atoms with Crippen molar-refractivity contribution in [1.29, 1.82) is 0 Å². The topological polar surface area (TPSA) is 18.5 Å². The van der Waals surface area contributed by atoms with Gasteiger partial charge in [-0.3, -0.25) is 0 Å². The molecule has 0 aliphatic carbocycles. The number of benzene rings is 8. The van der Waals surface area contributed by atoms with Crippen molar-refractivity contribution < 1.29 is 14.0 Å². The average Bonchev–Trinajstić information content (AvgIpc) is 3.94. The smallest absolute Gasteiger partial charge is 0.163 e. The van der Waals surface area contributed by atoms with Crippen molar-refractivity contribution in [2.45, 2.75) is 55.5 Å². The summed E-state index contributed by atoms with van der Waals surface area (Å²) in [6, 6.07) is 80.9. The molecule has 3 saturated heterocycles. The van der Waals surface area contributed by atoms with Gasteiger partial charge in [-0.15, -0.1) is 0 Å². The molecule has 0 radical (unpaired) electrons. The second kappa shape index (κ2) is 16.3. The van der Waals surface area contributed by atoms with E-state index < -0.39 is 16.6 Å². The van der Waals surface area contributed by atoms with Crippen LogP contribution in [-0.2, 0) is 20.3 Å². The molecule has 11 rings (SSSR count). The quantitative estimate of drug-likeness (QED) is 0.142. The second-order valence-electron chi connectivity index (χ2n) is 19.0. The Balaban J connectivity index is 1.16. The minimum absolute atomic E-state index is 0.339. The molecule has 1 spiro atoms. The highest BCUT2D eigenvalue weighted by Gasteiger charge is 2.68. The maximum absolute atomic E-state index is 7.64. The Hall–Kier alpha value is -6.36. The van der Waals surface area contributed by atoms with Gasteiger partial charge >= 0.3 is 0 Å². The molecule has 0 N–H and O–H groups in total. The maximum atomic E-state index is 7.64. The van der Waals surface area contributed by atoms with Crippen LogP contribution in [0.2, 0.25) is 0 Å². The molecule has 8 aromatic rings. The van der Waals surface area contributed by atoms with Crippen molar-refractivity contribution in [2.75, 3.05) is 26.2 Å². The van der Waals surface area contributed by atoms with Gasteiger partial charge in [0.25, 0.3) is 0 Å². The molecule has 3 heteroatoms. The lowest BCUT2D eigenvalue weighted by molar-refractivity contribution is -0.922. The Morgan fingerprint density at radius 3 is 0.812 bits per heavy atom. The molecule has 3 aliphatic rings. The molecule has 0 aromatic heterocycles. The SMILES string of the molecule is CC1(C)O[C@@H]2[C@@H](O1)C(c1ccc(-c3ccccc3)cc1)(c1ccc(-c3ccccc3)cc1)C[N+]1(CCCC1)CC2(c1ccc(-c2ccccc2)cc1)c1ccc(-c2ccccc2)cc1. The van der Waals surface area contributed by atoms with Crippen LogP contribution in [0.25, 0.3) is 44.5 Å². The molecule has 3 fully saturated rings. The standard InChI is InChI=1S/C61H56NO2/c1-59(2)63-57-58(64-59)61(55-37-29-51(30-38-55)47-21-11-5-12-22-47,56-39-31-52(32-40-56)48-23-13-6-14-24-48)44-62(41-15-16-42-62)43-60(57,53-33-25-49(26-34-53)45-17-7-3-8-18-45)54-35-27-50(28-36-54)46-19-9-4-10-20-46/h3-14,17-40,57-58H,15-16,41-44H2,1-2H3/q+1/t57-,58-/m1/s1. The van der Waals surface area contributed by atoms with Crippen LogP contribution >= 0.6 is 0 Å². The first-order valence-electron chi connectivity index (χ1n) is 23.2. The highest BCUT2D eigenvalue weighted by Crippen LogP contribution is 2.57. The van der Waals surface area contributed by atoms with Gasteiger partial charge in [0.2, 0.25) is 0 Å². The molecule has 0 saturated carbocycles. The van der Waals surface area contributed by atoms with E-state index in [1.54, 1.807) is 0 Å². The highest BCUT2D eigenvalue weighted by molar-refractivity contribution is 5.68. The van der Waals surface area contributed by atoms with Gasteiger partial charge in [0.05, 0.1) is 37.0 Å². The fourth-order valence-electron chi connectivity index (χ4n) is 11.8. The number of hydrogen-bond donors (Lipinski definition) is 0. The lowest BCUT2D eigenvalue weighted by Gasteiger charge is -2.46. The summed E-state index contributed by atoms with van der Waals surface area (Å²) in [7, 11) is 0. The maximum Gasteiger partial charge on any atom is 0.163 e. The van der Waals surface area contributed by atoms with Gasteiger partial charge in [0.1, 0.15) is 12.2 Å². The van der Waals surface area contributed by atoms with Gasteiger partial charge in [0, 0.05) is 12.8 Å². The second-order valence-corrected chi connectivity index (χ2v) is 19.0. The zero-order chi connectivity index (χ0) is 43.2. The molecule has 8 aromatic carbocycles. The average molecular weight is 835 g/mol. The molecular weight excluding hydrogens is 779 g/mol. The lowest BCUT2D eigenvalue weighted by Crippen LogP contribution is -2.58. The normalized spacial score (nSPS) is 20.3. The Morgan fingerprint density at radius 2 is 0.562 bits per heavy atom. The van der Waals surface area contributed by atoms with Crippen LogP contribution in [0, 0.1) is 0 Å². The monoisotopic (exact) mass is 834 g/mol. The van der Waals surface area contributed by atoms with Crippen molar-refractivity contribution >= 4 is 0 Å². The molecule has 2 atom stereocenters. The fraction of sp³-hybridized carbons (Fsp3) is 0.213. The van der Waals surface area contributed by atoms with Gasteiger partial charge in [0.15, 0.2) is 5.79 Å². The first-order valence-corrected chi connectivity index (χ1v) is 23.2. The molecule has 0 amide bonds. The summed E-state index contributed by atoms with van der Waals surface area (Å²) >= 11 is 0. The summed E-state index contributed by atoms with van der Waals surface area (Å²) in [6.07, 6.45) is 1.70. The largest absolute Gasteiger partial charge is 0.343 e. The fourth-order valence-corrected chi connectivity index (χ4v) is 11.8. The number of hydrogen-bond acceptors (Lipinski definition) is 2. The molecule has 3 heterocycles. The number of ether oxygens (including phenoxy) is 2. The zero-order valence-corrected chi connectivity index (χ0v) is 36.9.